The van der Waals surface area contributed by atoms with Crippen LogP contribution in [0.5, 0.6) is 0 Å². The number of carboxylic acids is 1. The van der Waals surface area contributed by atoms with Crippen LogP contribution in [0.3, 0.4) is 0 Å². The molecule has 0 spiro atoms. The smallest absolute Gasteiger partial charge is 0.335 e. The van der Waals surface area contributed by atoms with Crippen LogP contribution in [0.2, 0.25) is 0 Å². The third-order valence-electron chi connectivity index (χ3n) is 3.93. The number of benzene rings is 2. The summed E-state index contributed by atoms with van der Waals surface area (Å²) in [6.07, 6.45) is 2.31. The number of thioether (sulfide) groups is 1. The van der Waals surface area contributed by atoms with Crippen molar-refractivity contribution in [2.24, 2.45) is 4.99 Å². The SMILES string of the molecule is C=CCN1C(=O)[C@H](Cc2ccccc2)SC1=Nc1ccc(C(=O)O)cc1. The fraction of sp³-hybridized carbons (Fsp3) is 0.150. The second-order valence-electron chi connectivity index (χ2n) is 5.78. The third kappa shape index (κ3) is 4.03. The predicted octanol–water partition coefficient (Wildman–Crippen LogP) is 3.75. The Labute approximate surface area is 156 Å². The first-order valence-electron chi connectivity index (χ1n) is 8.13. The van der Waals surface area contributed by atoms with E-state index in [1.807, 2.05) is 30.3 Å². The zero-order valence-electron chi connectivity index (χ0n) is 14.0. The molecule has 1 N–H and O–H groups in total. The zero-order valence-corrected chi connectivity index (χ0v) is 14.9. The first-order valence-corrected chi connectivity index (χ1v) is 9.01. The standard InChI is InChI=1S/C20H18N2O3S/c1-2-12-22-18(23)17(13-14-6-4-3-5-7-14)26-20(22)21-16-10-8-15(9-11-16)19(24)25/h2-11,17H,1,12-13H2,(H,24,25)/t17-/m0/s1. The van der Waals surface area contributed by atoms with Gasteiger partial charge in [-0.15, -0.1) is 6.58 Å². The highest BCUT2D eigenvalue weighted by molar-refractivity contribution is 8.15. The molecule has 2 aromatic rings. The normalized spacial score (nSPS) is 18.3. The molecule has 2 aromatic carbocycles. The summed E-state index contributed by atoms with van der Waals surface area (Å²) >= 11 is 1.43. The molecule has 1 aliphatic rings. The van der Waals surface area contributed by atoms with Gasteiger partial charge in [-0.05, 0) is 36.2 Å². The van der Waals surface area contributed by atoms with Gasteiger partial charge < -0.3 is 5.11 Å². The lowest BCUT2D eigenvalue weighted by Crippen LogP contribution is -2.32. The molecular weight excluding hydrogens is 348 g/mol. The third-order valence-corrected chi connectivity index (χ3v) is 5.11. The van der Waals surface area contributed by atoms with Crippen LogP contribution in [0.1, 0.15) is 15.9 Å². The predicted molar refractivity (Wildman–Crippen MR) is 104 cm³/mol. The maximum atomic E-state index is 12.7. The summed E-state index contributed by atoms with van der Waals surface area (Å²) in [5, 5.41) is 9.36. The molecule has 0 radical (unpaired) electrons. The number of carboxylic acid groups (broad SMARTS) is 1. The van der Waals surface area contributed by atoms with Gasteiger partial charge in [-0.2, -0.15) is 0 Å². The number of hydrogen-bond acceptors (Lipinski definition) is 4. The van der Waals surface area contributed by atoms with Crippen LogP contribution in [0.4, 0.5) is 5.69 Å². The molecule has 5 nitrogen and oxygen atoms in total. The van der Waals surface area contributed by atoms with Crippen molar-refractivity contribution in [2.75, 3.05) is 6.54 Å². The molecule has 1 saturated heterocycles. The molecule has 0 aliphatic carbocycles. The lowest BCUT2D eigenvalue weighted by molar-refractivity contribution is -0.125. The van der Waals surface area contributed by atoms with E-state index in [0.717, 1.165) is 5.56 Å². The average molecular weight is 366 g/mol. The molecule has 1 amide bonds. The summed E-state index contributed by atoms with van der Waals surface area (Å²) in [6.45, 7) is 4.11. The van der Waals surface area contributed by atoms with Crippen LogP contribution in [-0.4, -0.2) is 38.8 Å². The Balaban J connectivity index is 1.83. The molecule has 1 fully saturated rings. The molecule has 26 heavy (non-hydrogen) atoms. The topological polar surface area (TPSA) is 70.0 Å². The molecule has 0 saturated carbocycles. The average Bonchev–Trinajstić information content (AvgIpc) is 2.92. The van der Waals surface area contributed by atoms with E-state index in [1.165, 1.54) is 23.9 Å². The van der Waals surface area contributed by atoms with Crippen molar-refractivity contribution < 1.29 is 14.7 Å². The van der Waals surface area contributed by atoms with E-state index >= 15 is 0 Å². The van der Waals surface area contributed by atoms with Crippen LogP contribution < -0.4 is 0 Å². The van der Waals surface area contributed by atoms with Gasteiger partial charge in [0.25, 0.3) is 0 Å². The zero-order chi connectivity index (χ0) is 18.5. The summed E-state index contributed by atoms with van der Waals surface area (Å²) in [5.41, 5.74) is 1.91. The van der Waals surface area contributed by atoms with Gasteiger partial charge in [0.1, 0.15) is 0 Å². The summed E-state index contributed by atoms with van der Waals surface area (Å²) in [6, 6.07) is 16.2. The molecule has 1 atom stereocenters. The monoisotopic (exact) mass is 366 g/mol. The van der Waals surface area contributed by atoms with Crippen molar-refractivity contribution >= 4 is 34.5 Å². The van der Waals surface area contributed by atoms with Gasteiger partial charge in [-0.25, -0.2) is 9.79 Å². The minimum Gasteiger partial charge on any atom is -0.478 e. The first-order chi connectivity index (χ1) is 12.6. The maximum absolute atomic E-state index is 12.7. The molecule has 0 bridgehead atoms. The van der Waals surface area contributed by atoms with Crippen molar-refractivity contribution in [1.29, 1.82) is 0 Å². The lowest BCUT2D eigenvalue weighted by atomic mass is 10.1. The van der Waals surface area contributed by atoms with Crippen molar-refractivity contribution in [3.05, 3.63) is 78.4 Å². The van der Waals surface area contributed by atoms with Gasteiger partial charge in [0, 0.05) is 6.54 Å². The van der Waals surface area contributed by atoms with E-state index in [0.29, 0.717) is 23.8 Å². The number of amidine groups is 1. The molecule has 1 aliphatic heterocycles. The van der Waals surface area contributed by atoms with Crippen molar-refractivity contribution in [3.8, 4) is 0 Å². The van der Waals surface area contributed by atoms with Crippen molar-refractivity contribution in [2.45, 2.75) is 11.7 Å². The highest BCUT2D eigenvalue weighted by atomic mass is 32.2. The van der Waals surface area contributed by atoms with Gasteiger partial charge in [0.15, 0.2) is 5.17 Å². The van der Waals surface area contributed by atoms with E-state index in [-0.39, 0.29) is 16.7 Å². The summed E-state index contributed by atoms with van der Waals surface area (Å²) in [4.78, 5) is 29.9. The summed E-state index contributed by atoms with van der Waals surface area (Å²) in [7, 11) is 0. The van der Waals surface area contributed by atoms with Crippen LogP contribution >= 0.6 is 11.8 Å². The minimum atomic E-state index is -0.981. The van der Waals surface area contributed by atoms with Crippen LogP contribution in [0.25, 0.3) is 0 Å². The molecule has 3 rings (SSSR count). The number of nitrogens with zero attached hydrogens (tertiary/aromatic N) is 2. The number of aromatic carboxylic acids is 1. The summed E-state index contributed by atoms with van der Waals surface area (Å²) < 4.78 is 0. The quantitative estimate of drug-likeness (QED) is 0.791. The number of amides is 1. The van der Waals surface area contributed by atoms with Gasteiger partial charge in [-0.3, -0.25) is 9.69 Å². The van der Waals surface area contributed by atoms with Gasteiger partial charge in [0.05, 0.1) is 16.5 Å². The molecule has 1 heterocycles. The molecule has 132 valence electrons. The fourth-order valence-electron chi connectivity index (χ4n) is 2.64. The van der Waals surface area contributed by atoms with Crippen LogP contribution in [0, 0.1) is 0 Å². The Morgan fingerprint density at radius 3 is 2.50 bits per heavy atom. The van der Waals surface area contributed by atoms with Crippen LogP contribution in [0.15, 0.2) is 72.2 Å². The lowest BCUT2D eigenvalue weighted by Gasteiger charge is -2.13. The Bertz CT molecular complexity index is 847. The Morgan fingerprint density at radius 1 is 1.19 bits per heavy atom. The second-order valence-corrected chi connectivity index (χ2v) is 6.95. The van der Waals surface area contributed by atoms with Gasteiger partial charge in [0.2, 0.25) is 5.91 Å². The van der Waals surface area contributed by atoms with Crippen molar-refractivity contribution in [3.63, 3.8) is 0 Å². The van der Waals surface area contributed by atoms with E-state index in [1.54, 1.807) is 23.1 Å². The fourth-order valence-corrected chi connectivity index (χ4v) is 3.85. The first kappa shape index (κ1) is 17.9. The molecule has 0 unspecified atom stereocenters. The van der Waals surface area contributed by atoms with Gasteiger partial charge >= 0.3 is 5.97 Å². The molecular formula is C20H18N2O3S. The van der Waals surface area contributed by atoms with Crippen LogP contribution in [-0.2, 0) is 11.2 Å². The number of carbonyl (C=O) groups excluding carboxylic acids is 1. The Hall–Kier alpha value is -2.86. The Morgan fingerprint density at radius 2 is 1.88 bits per heavy atom. The van der Waals surface area contributed by atoms with Crippen molar-refractivity contribution in [1.82, 2.24) is 4.90 Å². The van der Waals surface area contributed by atoms with E-state index < -0.39 is 5.97 Å². The minimum absolute atomic E-state index is 0.0136. The number of carbonyl (C=O) groups is 2. The number of aliphatic imine (C=N–C) groups is 1. The van der Waals surface area contributed by atoms with E-state index in [4.69, 9.17) is 5.11 Å². The van der Waals surface area contributed by atoms with Gasteiger partial charge in [-0.1, -0.05) is 48.2 Å². The highest BCUT2D eigenvalue weighted by Gasteiger charge is 2.37. The summed E-state index contributed by atoms with van der Waals surface area (Å²) in [5.74, 6) is -0.967. The number of rotatable bonds is 6. The number of hydrogen-bond donors (Lipinski definition) is 1. The largest absolute Gasteiger partial charge is 0.478 e. The maximum Gasteiger partial charge on any atom is 0.335 e. The molecule has 6 heteroatoms. The van der Waals surface area contributed by atoms with E-state index in [2.05, 4.69) is 11.6 Å². The highest BCUT2D eigenvalue weighted by Crippen LogP contribution is 2.31. The Kier molecular flexibility index (Phi) is 5.53. The van der Waals surface area contributed by atoms with E-state index in [9.17, 15) is 9.59 Å². The second kappa shape index (κ2) is 8.01. The molecule has 0 aromatic heterocycles.